The molecule has 1 amide bonds. The van der Waals surface area contributed by atoms with E-state index in [4.69, 9.17) is 0 Å². The van der Waals surface area contributed by atoms with Crippen LogP contribution < -0.4 is 5.32 Å². The molecular formula is C17H15FN2OS2. The Morgan fingerprint density at radius 1 is 1.26 bits per heavy atom. The Hall–Kier alpha value is -2.05. The van der Waals surface area contributed by atoms with E-state index in [0.29, 0.717) is 0 Å². The maximum Gasteiger partial charge on any atom is 0.226 e. The van der Waals surface area contributed by atoms with E-state index in [2.05, 4.69) is 10.3 Å². The molecule has 1 atom stereocenters. The second-order valence-corrected chi connectivity index (χ2v) is 6.97. The Bertz CT molecular complexity index is 781. The van der Waals surface area contributed by atoms with E-state index in [-0.39, 0.29) is 24.2 Å². The van der Waals surface area contributed by atoms with Gasteiger partial charge >= 0.3 is 0 Å². The minimum absolute atomic E-state index is 0.00213. The van der Waals surface area contributed by atoms with Gasteiger partial charge in [0, 0.05) is 15.8 Å². The fourth-order valence-corrected chi connectivity index (χ4v) is 3.74. The Balaban J connectivity index is 1.62. The van der Waals surface area contributed by atoms with Gasteiger partial charge in [-0.3, -0.25) is 4.79 Å². The molecule has 0 saturated carbocycles. The number of rotatable bonds is 5. The van der Waals surface area contributed by atoms with Crippen LogP contribution in [0.5, 0.6) is 0 Å². The monoisotopic (exact) mass is 346 g/mol. The number of thiazole rings is 1. The van der Waals surface area contributed by atoms with Crippen LogP contribution in [0.1, 0.15) is 23.5 Å². The number of aromatic nitrogens is 1. The SMILES string of the molecule is C[C@H](NC(=O)Cc1csc(-c2ccc(F)cc2)n1)c1cccs1. The summed E-state index contributed by atoms with van der Waals surface area (Å²) in [5.41, 5.74) is 1.58. The molecule has 0 radical (unpaired) electrons. The molecule has 0 aliphatic rings. The summed E-state index contributed by atoms with van der Waals surface area (Å²) in [4.78, 5) is 17.7. The highest BCUT2D eigenvalue weighted by molar-refractivity contribution is 7.13. The fraction of sp³-hybridized carbons (Fsp3) is 0.176. The quantitative estimate of drug-likeness (QED) is 0.742. The van der Waals surface area contributed by atoms with Gasteiger partial charge in [0.15, 0.2) is 0 Å². The molecule has 0 spiro atoms. The molecule has 118 valence electrons. The highest BCUT2D eigenvalue weighted by Gasteiger charge is 2.13. The molecule has 3 rings (SSSR count). The number of nitrogens with zero attached hydrogens (tertiary/aromatic N) is 1. The first-order chi connectivity index (χ1) is 11.1. The van der Waals surface area contributed by atoms with E-state index in [0.717, 1.165) is 21.1 Å². The number of nitrogens with one attached hydrogen (secondary N) is 1. The second kappa shape index (κ2) is 7.02. The third kappa shape index (κ3) is 4.03. The standard InChI is InChI=1S/C17H15FN2OS2/c1-11(15-3-2-8-22-15)19-16(21)9-14-10-23-17(20-14)12-4-6-13(18)7-5-12/h2-8,10-11H,9H2,1H3,(H,19,21)/t11-/m0/s1. The summed E-state index contributed by atoms with van der Waals surface area (Å²) in [7, 11) is 0. The van der Waals surface area contributed by atoms with Crippen molar-refractivity contribution >= 4 is 28.6 Å². The van der Waals surface area contributed by atoms with E-state index in [1.165, 1.54) is 23.5 Å². The van der Waals surface area contributed by atoms with Crippen molar-refractivity contribution in [2.45, 2.75) is 19.4 Å². The summed E-state index contributed by atoms with van der Waals surface area (Å²) in [6.07, 6.45) is 0.243. The number of amides is 1. The van der Waals surface area contributed by atoms with Gasteiger partial charge in [-0.25, -0.2) is 9.37 Å². The third-order valence-corrected chi connectivity index (χ3v) is 5.33. The number of hydrogen-bond donors (Lipinski definition) is 1. The number of hydrogen-bond acceptors (Lipinski definition) is 4. The van der Waals surface area contributed by atoms with Gasteiger partial charge in [0.1, 0.15) is 10.8 Å². The molecule has 0 aliphatic heterocycles. The van der Waals surface area contributed by atoms with Crippen molar-refractivity contribution in [1.29, 1.82) is 0 Å². The van der Waals surface area contributed by atoms with Crippen molar-refractivity contribution < 1.29 is 9.18 Å². The van der Waals surface area contributed by atoms with E-state index < -0.39 is 0 Å². The van der Waals surface area contributed by atoms with Crippen LogP contribution in [0, 0.1) is 5.82 Å². The topological polar surface area (TPSA) is 42.0 Å². The van der Waals surface area contributed by atoms with Gasteiger partial charge in [-0.05, 0) is 42.6 Å². The lowest BCUT2D eigenvalue weighted by atomic mass is 10.2. The van der Waals surface area contributed by atoms with Crippen LogP contribution in [0.4, 0.5) is 4.39 Å². The minimum Gasteiger partial charge on any atom is -0.348 e. The number of carbonyl (C=O) groups excluding carboxylic acids is 1. The maximum atomic E-state index is 12.9. The van der Waals surface area contributed by atoms with Crippen LogP contribution >= 0.6 is 22.7 Å². The van der Waals surface area contributed by atoms with Gasteiger partial charge in [-0.15, -0.1) is 22.7 Å². The fourth-order valence-electron chi connectivity index (χ4n) is 2.18. The zero-order valence-electron chi connectivity index (χ0n) is 12.5. The van der Waals surface area contributed by atoms with Crippen LogP contribution in [0.3, 0.4) is 0 Å². The van der Waals surface area contributed by atoms with Crippen molar-refractivity contribution in [2.24, 2.45) is 0 Å². The van der Waals surface area contributed by atoms with Crippen LogP contribution in [0.2, 0.25) is 0 Å². The zero-order chi connectivity index (χ0) is 16.2. The van der Waals surface area contributed by atoms with Crippen LogP contribution in [-0.4, -0.2) is 10.9 Å². The highest BCUT2D eigenvalue weighted by Crippen LogP contribution is 2.24. The molecule has 0 bridgehead atoms. The van der Waals surface area contributed by atoms with Gasteiger partial charge in [-0.2, -0.15) is 0 Å². The van der Waals surface area contributed by atoms with E-state index in [1.54, 1.807) is 23.5 Å². The Morgan fingerprint density at radius 2 is 2.04 bits per heavy atom. The van der Waals surface area contributed by atoms with Crippen LogP contribution in [-0.2, 0) is 11.2 Å². The smallest absolute Gasteiger partial charge is 0.226 e. The zero-order valence-corrected chi connectivity index (χ0v) is 14.1. The molecule has 1 N–H and O–H groups in total. The molecule has 1 aromatic carbocycles. The molecule has 2 aromatic heterocycles. The first kappa shape index (κ1) is 15.8. The van der Waals surface area contributed by atoms with Gasteiger partial charge in [0.25, 0.3) is 0 Å². The molecule has 3 aromatic rings. The average Bonchev–Trinajstić information content (AvgIpc) is 3.19. The largest absolute Gasteiger partial charge is 0.348 e. The van der Waals surface area contributed by atoms with E-state index in [1.807, 2.05) is 29.8 Å². The average molecular weight is 346 g/mol. The van der Waals surface area contributed by atoms with Gasteiger partial charge in [0.05, 0.1) is 18.2 Å². The summed E-state index contributed by atoms with van der Waals surface area (Å²) < 4.78 is 12.9. The number of carbonyl (C=O) groups is 1. The molecule has 0 saturated heterocycles. The maximum absolute atomic E-state index is 12.9. The second-order valence-electron chi connectivity index (χ2n) is 5.13. The predicted molar refractivity (Wildman–Crippen MR) is 92.1 cm³/mol. The predicted octanol–water partition coefficient (Wildman–Crippen LogP) is 4.43. The van der Waals surface area contributed by atoms with Gasteiger partial charge in [0.2, 0.25) is 5.91 Å². The first-order valence-corrected chi connectivity index (χ1v) is 8.91. The van der Waals surface area contributed by atoms with Crippen LogP contribution in [0.15, 0.2) is 47.2 Å². The lowest BCUT2D eigenvalue weighted by Gasteiger charge is -2.11. The first-order valence-electron chi connectivity index (χ1n) is 7.15. The Labute approximate surface area is 141 Å². The number of thiophene rings is 1. The van der Waals surface area contributed by atoms with Crippen molar-refractivity contribution in [3.8, 4) is 10.6 Å². The van der Waals surface area contributed by atoms with Gasteiger partial charge < -0.3 is 5.32 Å². The lowest BCUT2D eigenvalue weighted by molar-refractivity contribution is -0.121. The van der Waals surface area contributed by atoms with Crippen molar-refractivity contribution in [3.63, 3.8) is 0 Å². The lowest BCUT2D eigenvalue weighted by Crippen LogP contribution is -2.27. The summed E-state index contributed by atoms with van der Waals surface area (Å²) in [5.74, 6) is -0.325. The van der Waals surface area contributed by atoms with Crippen molar-refractivity contribution in [1.82, 2.24) is 10.3 Å². The molecule has 23 heavy (non-hydrogen) atoms. The van der Waals surface area contributed by atoms with Gasteiger partial charge in [-0.1, -0.05) is 6.07 Å². The molecule has 2 heterocycles. The summed E-state index contributed by atoms with van der Waals surface area (Å²) in [6.45, 7) is 1.97. The van der Waals surface area contributed by atoms with E-state index >= 15 is 0 Å². The molecular weight excluding hydrogens is 331 g/mol. The normalized spacial score (nSPS) is 12.1. The Kier molecular flexibility index (Phi) is 4.83. The molecule has 0 aliphatic carbocycles. The number of halogens is 1. The highest BCUT2D eigenvalue weighted by atomic mass is 32.1. The summed E-state index contributed by atoms with van der Waals surface area (Å²) in [5, 5.41) is 7.63. The van der Waals surface area contributed by atoms with Crippen molar-refractivity contribution in [3.05, 3.63) is 63.5 Å². The molecule has 0 unspecified atom stereocenters. The minimum atomic E-state index is -0.271. The number of benzene rings is 1. The van der Waals surface area contributed by atoms with Crippen LogP contribution in [0.25, 0.3) is 10.6 Å². The molecule has 6 heteroatoms. The summed E-state index contributed by atoms with van der Waals surface area (Å²) >= 11 is 3.08. The third-order valence-electron chi connectivity index (χ3n) is 3.33. The summed E-state index contributed by atoms with van der Waals surface area (Å²) in [6, 6.07) is 10.2. The molecule has 0 fully saturated rings. The molecule has 3 nitrogen and oxygen atoms in total. The Morgan fingerprint density at radius 3 is 2.74 bits per heavy atom. The van der Waals surface area contributed by atoms with E-state index in [9.17, 15) is 9.18 Å². The van der Waals surface area contributed by atoms with Crippen molar-refractivity contribution in [2.75, 3.05) is 0 Å².